The van der Waals surface area contributed by atoms with Crippen LogP contribution in [0.15, 0.2) is 276 Å². The number of rotatable bonds is 9. The van der Waals surface area contributed by atoms with Crippen LogP contribution in [0.2, 0.25) is 0 Å². The van der Waals surface area contributed by atoms with Gasteiger partial charge in [0.1, 0.15) is 22.3 Å². The van der Waals surface area contributed by atoms with Crippen LogP contribution < -0.4 is 0 Å². The normalized spacial score (nSPS) is 11.9. The lowest BCUT2D eigenvalue weighted by atomic mass is 9.97. The van der Waals surface area contributed by atoms with E-state index in [2.05, 4.69) is 206 Å². The van der Waals surface area contributed by atoms with E-state index in [0.29, 0.717) is 34.9 Å². The molecule has 0 fully saturated rings. The highest BCUT2D eigenvalue weighted by Crippen LogP contribution is 2.45. The second-order valence-corrected chi connectivity index (χ2v) is 24.2. The Morgan fingerprint density at radius 1 is 0.216 bits per heavy atom. The molecule has 0 aliphatic heterocycles. The molecule has 0 atom stereocenters. The maximum atomic E-state index is 6.88. The van der Waals surface area contributed by atoms with Gasteiger partial charge in [0.15, 0.2) is 34.9 Å². The zero-order chi connectivity index (χ0) is 57.8. The van der Waals surface area contributed by atoms with Crippen molar-refractivity contribution in [3.05, 3.63) is 267 Å². The minimum absolute atomic E-state index is 0.547. The summed E-state index contributed by atoms with van der Waals surface area (Å²) in [5, 5.41) is 9.19. The first-order valence-electron chi connectivity index (χ1n) is 29.1. The van der Waals surface area contributed by atoms with E-state index in [1.54, 1.807) is 0 Å². The van der Waals surface area contributed by atoms with Gasteiger partial charge in [0.25, 0.3) is 0 Å². The molecule has 88 heavy (non-hydrogen) atoms. The second-order valence-electron chi connectivity index (χ2n) is 22.1. The van der Waals surface area contributed by atoms with E-state index in [1.807, 2.05) is 83.3 Å². The van der Waals surface area contributed by atoms with Crippen LogP contribution in [-0.2, 0) is 0 Å². The third-order valence-electron chi connectivity index (χ3n) is 16.8. The maximum Gasteiger partial charge on any atom is 0.164 e. The molecule has 18 rings (SSSR count). The first-order chi connectivity index (χ1) is 43.5. The van der Waals surface area contributed by atoms with Crippen molar-refractivity contribution in [2.75, 3.05) is 0 Å². The number of benzene rings is 12. The summed E-state index contributed by atoms with van der Waals surface area (Å²) in [5.74, 6) is 3.37. The Kier molecular flexibility index (Phi) is 11.5. The van der Waals surface area contributed by atoms with Crippen molar-refractivity contribution < 1.29 is 8.83 Å². The molecule has 0 bridgehead atoms. The minimum atomic E-state index is 0.547. The van der Waals surface area contributed by atoms with Gasteiger partial charge in [0.05, 0.1) is 0 Å². The Morgan fingerprint density at radius 2 is 0.614 bits per heavy atom. The molecule has 0 saturated heterocycles. The van der Waals surface area contributed by atoms with Gasteiger partial charge in [-0.2, -0.15) is 0 Å². The first kappa shape index (κ1) is 50.1. The van der Waals surface area contributed by atoms with Gasteiger partial charge in [-0.1, -0.05) is 206 Å². The SMILES string of the molecule is c1ccc(-c2nc(-c3cccc(-c4ccc(-c5nc(-c6ccccc6)nc(-c6ccc7c(c6)oc6c(-c8cccc9sc%10ccccc%10c89)cccc67)n5)cc4)c3)nc(-c3ccc4c(c3)oc3c(-c5ccc6sc7ccccc7c6c5)cccc34)n2)cc1. The molecule has 0 saturated carbocycles. The number of para-hydroxylation sites is 2. The van der Waals surface area contributed by atoms with Crippen molar-refractivity contribution >= 4 is 107 Å². The van der Waals surface area contributed by atoms with Crippen molar-refractivity contribution in [1.29, 1.82) is 0 Å². The molecule has 0 unspecified atom stereocenters. The number of nitrogens with zero attached hydrogens (tertiary/aromatic N) is 6. The average Bonchev–Trinajstić information content (AvgIpc) is 2.07. The Hall–Kier alpha value is -11.3. The summed E-state index contributed by atoms with van der Waals surface area (Å²) in [5.41, 5.74) is 14.8. The Balaban J connectivity index is 0.683. The second kappa shape index (κ2) is 20.2. The van der Waals surface area contributed by atoms with E-state index in [9.17, 15) is 0 Å². The third-order valence-corrected chi connectivity index (χ3v) is 19.1. The number of fused-ring (bicyclic) bond motifs is 12. The number of furan rings is 2. The van der Waals surface area contributed by atoms with Gasteiger partial charge >= 0.3 is 0 Å². The maximum absolute atomic E-state index is 6.88. The lowest BCUT2D eigenvalue weighted by Gasteiger charge is -2.11. The highest BCUT2D eigenvalue weighted by molar-refractivity contribution is 7.26. The standard InChI is InChI=1S/C78H44N6O2S2/c1-3-15-46(16-4-1)73-79-75(83-77(81-73)52-36-39-56-60-26-13-27-61(72(60)86-65(56)44-52)58-24-14-30-69-70(58)62-22-8-10-29-67(62)88-69)48-33-31-45(32-34-48)49-19-11-20-51(41-49)76-80-74(47-17-5-2-6-18-47)82-78(84-76)53-35-38-55-59-25-12-23-54(71(59)85-64(55)43-53)50-37-40-68-63(42-50)57-21-7-9-28-66(57)87-68/h1-44H. The van der Waals surface area contributed by atoms with Crippen LogP contribution in [0.25, 0.3) is 186 Å². The van der Waals surface area contributed by atoms with Crippen LogP contribution in [-0.4, -0.2) is 29.9 Å². The summed E-state index contributed by atoms with van der Waals surface area (Å²) < 4.78 is 18.8. The molecule has 0 aliphatic rings. The summed E-state index contributed by atoms with van der Waals surface area (Å²) >= 11 is 3.64. The minimum Gasteiger partial charge on any atom is -0.455 e. The number of thiophene rings is 2. The zero-order valence-corrected chi connectivity index (χ0v) is 48.4. The molecule has 10 heteroatoms. The fraction of sp³-hybridized carbons (Fsp3) is 0. The molecule has 0 amide bonds. The van der Waals surface area contributed by atoms with Gasteiger partial charge in [0, 0.05) is 106 Å². The van der Waals surface area contributed by atoms with Crippen molar-refractivity contribution in [3.8, 4) is 102 Å². The first-order valence-corrected chi connectivity index (χ1v) is 30.8. The van der Waals surface area contributed by atoms with Crippen LogP contribution in [0.1, 0.15) is 0 Å². The van der Waals surface area contributed by atoms with E-state index < -0.39 is 0 Å². The third kappa shape index (κ3) is 8.41. The fourth-order valence-electron chi connectivity index (χ4n) is 12.6. The molecule has 8 nitrogen and oxygen atoms in total. The zero-order valence-electron chi connectivity index (χ0n) is 46.7. The number of hydrogen-bond acceptors (Lipinski definition) is 10. The summed E-state index contributed by atoms with van der Waals surface area (Å²) in [7, 11) is 0. The van der Waals surface area contributed by atoms with Crippen LogP contribution in [0.3, 0.4) is 0 Å². The fourth-order valence-corrected chi connectivity index (χ4v) is 14.8. The highest BCUT2D eigenvalue weighted by atomic mass is 32.1. The van der Waals surface area contributed by atoms with E-state index in [-0.39, 0.29) is 0 Å². The van der Waals surface area contributed by atoms with Gasteiger partial charge in [0.2, 0.25) is 0 Å². The van der Waals surface area contributed by atoms with Gasteiger partial charge in [-0.3, -0.25) is 0 Å². The smallest absolute Gasteiger partial charge is 0.164 e. The Bertz CT molecular complexity index is 5830. The van der Waals surface area contributed by atoms with Crippen molar-refractivity contribution in [1.82, 2.24) is 29.9 Å². The molecule has 12 aromatic carbocycles. The Labute approximate surface area is 511 Å². The quantitative estimate of drug-likeness (QED) is 0.141. The van der Waals surface area contributed by atoms with Crippen LogP contribution >= 0.6 is 22.7 Å². The van der Waals surface area contributed by atoms with Gasteiger partial charge < -0.3 is 8.83 Å². The molecule has 6 heterocycles. The topological polar surface area (TPSA) is 104 Å². The molecule has 18 aromatic rings. The van der Waals surface area contributed by atoms with Gasteiger partial charge in [-0.05, 0) is 82.9 Å². The number of aromatic nitrogens is 6. The number of hydrogen-bond donors (Lipinski definition) is 0. The molecule has 6 aromatic heterocycles. The van der Waals surface area contributed by atoms with Gasteiger partial charge in [-0.15, -0.1) is 22.7 Å². The Morgan fingerprint density at radius 3 is 1.25 bits per heavy atom. The van der Waals surface area contributed by atoms with Crippen molar-refractivity contribution in [2.24, 2.45) is 0 Å². The molecule has 0 spiro atoms. The lowest BCUT2D eigenvalue weighted by molar-refractivity contribution is 0.669. The van der Waals surface area contributed by atoms with Crippen LogP contribution in [0.4, 0.5) is 0 Å². The van der Waals surface area contributed by atoms with Crippen molar-refractivity contribution in [2.45, 2.75) is 0 Å². The van der Waals surface area contributed by atoms with E-state index >= 15 is 0 Å². The van der Waals surface area contributed by atoms with Crippen LogP contribution in [0, 0.1) is 0 Å². The summed E-state index contributed by atoms with van der Waals surface area (Å²) in [4.78, 5) is 30.8. The summed E-state index contributed by atoms with van der Waals surface area (Å²) in [6.45, 7) is 0. The molecule has 0 radical (unpaired) electrons. The molecular formula is C78H44N6O2S2. The lowest BCUT2D eigenvalue weighted by Crippen LogP contribution is -2.00. The predicted molar refractivity (Wildman–Crippen MR) is 362 cm³/mol. The molecule has 0 N–H and O–H groups in total. The summed E-state index contributed by atoms with van der Waals surface area (Å²) in [6.07, 6.45) is 0. The highest BCUT2D eigenvalue weighted by Gasteiger charge is 2.21. The van der Waals surface area contributed by atoms with E-state index in [0.717, 1.165) is 111 Å². The predicted octanol–water partition coefficient (Wildman–Crippen LogP) is 21.6. The molecule has 410 valence electrons. The average molecular weight is 1160 g/mol. The summed E-state index contributed by atoms with van der Waals surface area (Å²) in [6, 6.07) is 92.8. The largest absolute Gasteiger partial charge is 0.455 e. The van der Waals surface area contributed by atoms with E-state index in [1.165, 1.54) is 40.3 Å². The monoisotopic (exact) mass is 1160 g/mol. The van der Waals surface area contributed by atoms with E-state index in [4.69, 9.17) is 38.7 Å². The van der Waals surface area contributed by atoms with Crippen molar-refractivity contribution in [3.63, 3.8) is 0 Å². The van der Waals surface area contributed by atoms with Crippen LogP contribution in [0.5, 0.6) is 0 Å². The van der Waals surface area contributed by atoms with Gasteiger partial charge in [-0.25, -0.2) is 29.9 Å². The molecular weight excluding hydrogens is 1120 g/mol. The molecule has 0 aliphatic carbocycles.